The van der Waals surface area contributed by atoms with Crippen molar-refractivity contribution in [3.63, 3.8) is 0 Å². The molecule has 17 nitrogen and oxygen atoms in total. The number of rotatable bonds is 78. The fraction of sp³-hybridized carbons (Fsp3) is 0.950. The van der Waals surface area contributed by atoms with E-state index in [4.69, 9.17) is 37.0 Å². The lowest BCUT2D eigenvalue weighted by Gasteiger charge is -2.21. The molecular weight excluding hydrogens is 1290 g/mol. The van der Waals surface area contributed by atoms with E-state index >= 15 is 0 Å². The molecule has 0 saturated carbocycles. The number of esters is 4. The molecule has 0 saturated heterocycles. The molecule has 0 aliphatic rings. The zero-order valence-electron chi connectivity index (χ0n) is 65.0. The summed E-state index contributed by atoms with van der Waals surface area (Å²) >= 11 is 0. The van der Waals surface area contributed by atoms with Crippen LogP contribution in [0.15, 0.2) is 0 Å². The van der Waals surface area contributed by atoms with E-state index < -0.39 is 97.5 Å². The van der Waals surface area contributed by atoms with Crippen LogP contribution in [-0.2, 0) is 65.4 Å². The lowest BCUT2D eigenvalue weighted by molar-refractivity contribution is -0.161. The van der Waals surface area contributed by atoms with Crippen molar-refractivity contribution in [3.05, 3.63) is 0 Å². The third-order valence-corrected chi connectivity index (χ3v) is 21.3. The number of phosphoric ester groups is 2. The number of ether oxygens (including phenoxy) is 4. The molecule has 99 heavy (non-hydrogen) atoms. The summed E-state index contributed by atoms with van der Waals surface area (Å²) in [5.74, 6) is 0.264. The Bertz CT molecular complexity index is 1930. The molecule has 588 valence electrons. The third-order valence-electron chi connectivity index (χ3n) is 19.4. The number of carbonyl (C=O) groups is 4. The second-order valence-corrected chi connectivity index (χ2v) is 32.7. The van der Waals surface area contributed by atoms with Crippen molar-refractivity contribution in [1.82, 2.24) is 0 Å². The van der Waals surface area contributed by atoms with Gasteiger partial charge in [0.15, 0.2) is 12.2 Å². The highest BCUT2D eigenvalue weighted by atomic mass is 31.2. The minimum absolute atomic E-state index is 0.106. The zero-order chi connectivity index (χ0) is 73.0. The lowest BCUT2D eigenvalue weighted by Crippen LogP contribution is -2.30. The predicted octanol–water partition coefficient (Wildman–Crippen LogP) is 23.7. The van der Waals surface area contributed by atoms with Gasteiger partial charge >= 0.3 is 39.5 Å². The number of aliphatic hydroxyl groups is 1. The number of phosphoric acid groups is 2. The van der Waals surface area contributed by atoms with Gasteiger partial charge in [-0.05, 0) is 43.4 Å². The Hall–Kier alpha value is -1.94. The van der Waals surface area contributed by atoms with Gasteiger partial charge < -0.3 is 33.8 Å². The summed E-state index contributed by atoms with van der Waals surface area (Å²) in [5, 5.41) is 10.6. The van der Waals surface area contributed by atoms with Crippen LogP contribution in [0.3, 0.4) is 0 Å². The van der Waals surface area contributed by atoms with Crippen molar-refractivity contribution in [2.75, 3.05) is 39.6 Å². The summed E-state index contributed by atoms with van der Waals surface area (Å²) in [6, 6.07) is 0. The minimum Gasteiger partial charge on any atom is -0.462 e. The Kier molecular flexibility index (Phi) is 69.0. The first-order valence-electron chi connectivity index (χ1n) is 41.4. The number of hydrogen-bond acceptors (Lipinski definition) is 15. The molecule has 0 rings (SSSR count). The molecule has 0 aromatic rings. The van der Waals surface area contributed by atoms with Gasteiger partial charge in [0, 0.05) is 25.7 Å². The summed E-state index contributed by atoms with van der Waals surface area (Å²) in [7, 11) is -9.92. The number of carbonyl (C=O) groups excluding carboxylic acids is 4. The lowest BCUT2D eigenvalue weighted by atomic mass is 9.99. The van der Waals surface area contributed by atoms with Crippen LogP contribution in [0.2, 0.25) is 0 Å². The molecule has 0 spiro atoms. The first-order chi connectivity index (χ1) is 47.8. The molecule has 7 atom stereocenters. The van der Waals surface area contributed by atoms with Gasteiger partial charge in [0.05, 0.1) is 26.4 Å². The second kappa shape index (κ2) is 70.4. The molecule has 0 radical (unpaired) electrons. The van der Waals surface area contributed by atoms with Crippen LogP contribution in [0, 0.1) is 17.8 Å². The van der Waals surface area contributed by atoms with Crippen LogP contribution in [-0.4, -0.2) is 96.7 Å². The molecule has 3 N–H and O–H groups in total. The van der Waals surface area contributed by atoms with Crippen molar-refractivity contribution in [3.8, 4) is 0 Å². The Labute approximate surface area is 607 Å². The molecule has 0 aromatic carbocycles. The summed E-state index contributed by atoms with van der Waals surface area (Å²) in [6.07, 6.45) is 58.0. The first-order valence-corrected chi connectivity index (χ1v) is 44.4. The maximum atomic E-state index is 13.1. The van der Waals surface area contributed by atoms with Crippen LogP contribution < -0.4 is 0 Å². The van der Waals surface area contributed by atoms with Gasteiger partial charge in [0.2, 0.25) is 0 Å². The first kappa shape index (κ1) is 97.1. The monoisotopic (exact) mass is 1450 g/mol. The van der Waals surface area contributed by atoms with Gasteiger partial charge in [-0.25, -0.2) is 9.13 Å². The predicted molar refractivity (Wildman–Crippen MR) is 405 cm³/mol. The van der Waals surface area contributed by atoms with E-state index in [0.29, 0.717) is 25.7 Å². The van der Waals surface area contributed by atoms with E-state index in [9.17, 15) is 43.2 Å². The topological polar surface area (TPSA) is 237 Å². The van der Waals surface area contributed by atoms with E-state index in [0.717, 1.165) is 108 Å². The van der Waals surface area contributed by atoms with Crippen LogP contribution in [0.5, 0.6) is 0 Å². The zero-order valence-corrected chi connectivity index (χ0v) is 66.8. The van der Waals surface area contributed by atoms with Crippen LogP contribution in [0.1, 0.15) is 414 Å². The minimum atomic E-state index is -4.96. The maximum Gasteiger partial charge on any atom is 0.472 e. The van der Waals surface area contributed by atoms with Crippen LogP contribution >= 0.6 is 15.6 Å². The van der Waals surface area contributed by atoms with E-state index in [1.807, 2.05) is 0 Å². The molecule has 4 unspecified atom stereocenters. The Balaban J connectivity index is 5.28. The van der Waals surface area contributed by atoms with Crippen molar-refractivity contribution in [2.45, 2.75) is 433 Å². The van der Waals surface area contributed by atoms with Gasteiger partial charge in [-0.15, -0.1) is 0 Å². The highest BCUT2D eigenvalue weighted by Gasteiger charge is 2.30. The Morgan fingerprint density at radius 2 is 0.515 bits per heavy atom. The van der Waals surface area contributed by atoms with Gasteiger partial charge in [0.25, 0.3) is 0 Å². The van der Waals surface area contributed by atoms with Crippen molar-refractivity contribution < 1.29 is 80.2 Å². The molecule has 0 aliphatic carbocycles. The van der Waals surface area contributed by atoms with Gasteiger partial charge in [-0.3, -0.25) is 37.3 Å². The fourth-order valence-electron chi connectivity index (χ4n) is 12.2. The molecule has 0 aromatic heterocycles. The van der Waals surface area contributed by atoms with Crippen LogP contribution in [0.4, 0.5) is 0 Å². The maximum absolute atomic E-state index is 13.1. The molecule has 0 heterocycles. The largest absolute Gasteiger partial charge is 0.472 e. The Morgan fingerprint density at radius 1 is 0.293 bits per heavy atom. The second-order valence-electron chi connectivity index (χ2n) is 29.8. The van der Waals surface area contributed by atoms with Gasteiger partial charge in [-0.2, -0.15) is 0 Å². The summed E-state index contributed by atoms with van der Waals surface area (Å²) in [4.78, 5) is 73.0. The molecule has 0 bridgehead atoms. The molecule has 0 fully saturated rings. The number of hydrogen-bond donors (Lipinski definition) is 3. The standard InChI is InChI=1S/C80H156O17P2/c1-8-11-12-13-14-15-16-17-18-19-23-26-32-40-47-54-61-77(82)90-67-75(96-79(84)63-56-49-42-33-27-24-21-20-22-25-30-37-44-51-58-71(4)5)69-94-98(86,87)92-65-74(81)66-93-99(88,89)95-70-76(68-91-78(83)62-55-48-41-36-35-39-46-53-60-73(7)10-3)97-80(85)64-57-50-43-34-29-28-31-38-45-52-59-72(6)9-2/h71-76,81H,8-70H2,1-7H3,(H,86,87)(H,88,89)/t72?,73?,74-,75-,76-/m1/s1. The normalized spacial score (nSPS) is 14.5. The van der Waals surface area contributed by atoms with E-state index in [1.165, 1.54) is 225 Å². The summed E-state index contributed by atoms with van der Waals surface area (Å²) in [6.45, 7) is 12.0. The highest BCUT2D eigenvalue weighted by Crippen LogP contribution is 2.45. The smallest absolute Gasteiger partial charge is 0.462 e. The molecular formula is C80H156O17P2. The van der Waals surface area contributed by atoms with Crippen molar-refractivity contribution >= 4 is 39.5 Å². The number of aliphatic hydroxyl groups excluding tert-OH is 1. The fourth-order valence-corrected chi connectivity index (χ4v) is 13.8. The highest BCUT2D eigenvalue weighted by molar-refractivity contribution is 7.47. The van der Waals surface area contributed by atoms with Crippen molar-refractivity contribution in [1.29, 1.82) is 0 Å². The summed E-state index contributed by atoms with van der Waals surface area (Å²) in [5.41, 5.74) is 0. The SMILES string of the molecule is CCCCCCCCCCCCCCCCCCC(=O)OC[C@H](COP(=O)(O)OC[C@@H](O)COP(=O)(O)OC[C@@H](COC(=O)CCCCCCCCCCC(C)CC)OC(=O)CCCCCCCCCCCCC(C)CC)OC(=O)CCCCCCCCCCCCCCCCC(C)C. The molecule has 0 aliphatic heterocycles. The number of unbranched alkanes of at least 4 members (excludes halogenated alkanes) is 44. The van der Waals surface area contributed by atoms with Crippen molar-refractivity contribution in [2.24, 2.45) is 17.8 Å². The van der Waals surface area contributed by atoms with E-state index in [-0.39, 0.29) is 25.7 Å². The molecule has 0 amide bonds. The molecule has 19 heteroatoms. The third kappa shape index (κ3) is 71.5. The van der Waals surface area contributed by atoms with E-state index in [2.05, 4.69) is 48.5 Å². The average Bonchev–Trinajstić information content (AvgIpc) is 1.21. The quantitative estimate of drug-likeness (QED) is 0.0222. The summed E-state index contributed by atoms with van der Waals surface area (Å²) < 4.78 is 68.7. The Morgan fingerprint density at radius 3 is 0.768 bits per heavy atom. The van der Waals surface area contributed by atoms with Gasteiger partial charge in [0.1, 0.15) is 19.3 Å². The average molecular weight is 1450 g/mol. The van der Waals surface area contributed by atoms with Gasteiger partial charge in [-0.1, -0.05) is 363 Å². The van der Waals surface area contributed by atoms with Crippen LogP contribution in [0.25, 0.3) is 0 Å². The van der Waals surface area contributed by atoms with E-state index in [1.54, 1.807) is 0 Å².